The number of thiocarbonyl (C=S) groups is 1. The number of ether oxygens (including phenoxy) is 1. The topological polar surface area (TPSA) is 51.1 Å². The summed E-state index contributed by atoms with van der Waals surface area (Å²) >= 11 is 5.12. The number of benzene rings is 1. The van der Waals surface area contributed by atoms with E-state index in [-0.39, 0.29) is 6.73 Å². The van der Waals surface area contributed by atoms with E-state index in [1.165, 1.54) is 17.1 Å². The van der Waals surface area contributed by atoms with Crippen molar-refractivity contribution in [1.29, 1.82) is 0 Å². The number of hydrogen-bond acceptors (Lipinski definition) is 3. The number of alkyl halides is 3. The number of halogens is 3. The Labute approximate surface area is 130 Å². The summed E-state index contributed by atoms with van der Waals surface area (Å²) in [5.74, 6) is 0. The maximum absolute atomic E-state index is 12.0. The second kappa shape index (κ2) is 7.23. The van der Waals surface area contributed by atoms with Crippen LogP contribution in [0, 0.1) is 0 Å². The molecular weight excluding hydrogens is 317 g/mol. The Hall–Kier alpha value is -2.13. The number of nitrogens with one attached hydrogen (secondary N) is 2. The highest BCUT2D eigenvalue weighted by molar-refractivity contribution is 7.80. The fraction of sp³-hybridized carbons (Fsp3) is 0.231. The third-order valence-electron chi connectivity index (χ3n) is 2.41. The molecule has 0 saturated heterocycles. The van der Waals surface area contributed by atoms with Gasteiger partial charge in [-0.1, -0.05) is 18.2 Å². The lowest BCUT2D eigenvalue weighted by molar-refractivity contribution is -0.182. The summed E-state index contributed by atoms with van der Waals surface area (Å²) < 4.78 is 41.6. The first-order valence-electron chi connectivity index (χ1n) is 6.22. The van der Waals surface area contributed by atoms with Gasteiger partial charge in [0.1, 0.15) is 13.3 Å². The van der Waals surface area contributed by atoms with Gasteiger partial charge in [-0.05, 0) is 24.4 Å². The van der Waals surface area contributed by atoms with E-state index in [0.717, 1.165) is 5.69 Å². The van der Waals surface area contributed by atoms with Crippen LogP contribution in [-0.2, 0) is 11.5 Å². The number of aromatic nitrogens is 2. The van der Waals surface area contributed by atoms with E-state index in [2.05, 4.69) is 20.5 Å². The molecule has 0 radical (unpaired) electrons. The van der Waals surface area contributed by atoms with Crippen molar-refractivity contribution in [1.82, 2.24) is 9.78 Å². The van der Waals surface area contributed by atoms with Gasteiger partial charge in [0.25, 0.3) is 0 Å². The fourth-order valence-electron chi connectivity index (χ4n) is 1.57. The predicted molar refractivity (Wildman–Crippen MR) is 80.5 cm³/mol. The molecule has 0 saturated carbocycles. The lowest BCUT2D eigenvalue weighted by Crippen LogP contribution is -2.19. The van der Waals surface area contributed by atoms with E-state index in [1.807, 2.05) is 30.3 Å². The molecule has 0 bridgehead atoms. The summed E-state index contributed by atoms with van der Waals surface area (Å²) in [6, 6.07) is 9.30. The molecule has 0 aliphatic carbocycles. The monoisotopic (exact) mass is 330 g/mol. The minimum absolute atomic E-state index is 0.292. The summed E-state index contributed by atoms with van der Waals surface area (Å²) in [4.78, 5) is 0. The molecule has 2 aromatic rings. The average Bonchev–Trinajstić information content (AvgIpc) is 2.85. The Bertz CT molecular complexity index is 615. The second-order valence-corrected chi connectivity index (χ2v) is 4.71. The van der Waals surface area contributed by atoms with Crippen LogP contribution in [0.1, 0.15) is 0 Å². The van der Waals surface area contributed by atoms with Crippen LogP contribution in [0.25, 0.3) is 0 Å². The third kappa shape index (κ3) is 5.70. The summed E-state index contributed by atoms with van der Waals surface area (Å²) in [5, 5.41) is 10.1. The molecule has 118 valence electrons. The van der Waals surface area contributed by atoms with Crippen molar-refractivity contribution in [2.24, 2.45) is 0 Å². The molecule has 0 fully saturated rings. The normalized spacial score (nSPS) is 11.2. The predicted octanol–water partition coefficient (Wildman–Crippen LogP) is 3.23. The highest BCUT2D eigenvalue weighted by Gasteiger charge is 2.27. The number of rotatable bonds is 5. The lowest BCUT2D eigenvalue weighted by Gasteiger charge is -2.08. The largest absolute Gasteiger partial charge is 0.411 e. The molecule has 0 aliphatic rings. The van der Waals surface area contributed by atoms with Crippen LogP contribution < -0.4 is 10.6 Å². The van der Waals surface area contributed by atoms with Gasteiger partial charge < -0.3 is 15.4 Å². The van der Waals surface area contributed by atoms with Gasteiger partial charge in [0.15, 0.2) is 5.11 Å². The van der Waals surface area contributed by atoms with Crippen LogP contribution >= 0.6 is 12.2 Å². The van der Waals surface area contributed by atoms with E-state index < -0.39 is 12.8 Å². The maximum atomic E-state index is 12.0. The van der Waals surface area contributed by atoms with Gasteiger partial charge in [-0.2, -0.15) is 18.3 Å². The Morgan fingerprint density at radius 1 is 1.18 bits per heavy atom. The standard InChI is InChI=1S/C13H13F3N4OS/c14-13(15,16)8-21-9-20-7-11(6-17-20)19-12(22)18-10-4-2-1-3-5-10/h1-7H,8-9H2,(H2,18,19,22). The molecule has 2 rings (SSSR count). The van der Waals surface area contributed by atoms with Crippen molar-refractivity contribution >= 4 is 28.7 Å². The number of hydrogen-bond donors (Lipinski definition) is 2. The first-order valence-corrected chi connectivity index (χ1v) is 6.63. The Balaban J connectivity index is 1.80. The SMILES string of the molecule is FC(F)(F)COCn1cc(NC(=S)Nc2ccccc2)cn1. The van der Waals surface area contributed by atoms with Crippen molar-refractivity contribution in [3.05, 3.63) is 42.7 Å². The first-order chi connectivity index (χ1) is 10.4. The highest BCUT2D eigenvalue weighted by Crippen LogP contribution is 2.15. The van der Waals surface area contributed by atoms with Gasteiger partial charge >= 0.3 is 6.18 Å². The summed E-state index contributed by atoms with van der Waals surface area (Å²) in [5.41, 5.74) is 1.37. The molecule has 5 nitrogen and oxygen atoms in total. The summed E-state index contributed by atoms with van der Waals surface area (Å²) in [6.07, 6.45) is -1.42. The van der Waals surface area contributed by atoms with Crippen LogP contribution in [0.15, 0.2) is 42.7 Å². The smallest absolute Gasteiger partial charge is 0.350 e. The quantitative estimate of drug-likeness (QED) is 0.825. The lowest BCUT2D eigenvalue weighted by atomic mass is 10.3. The minimum atomic E-state index is -4.35. The van der Waals surface area contributed by atoms with Crippen molar-refractivity contribution < 1.29 is 17.9 Å². The molecule has 9 heteroatoms. The Morgan fingerprint density at radius 3 is 2.55 bits per heavy atom. The molecule has 1 aromatic carbocycles. The van der Waals surface area contributed by atoms with E-state index in [4.69, 9.17) is 12.2 Å². The van der Waals surface area contributed by atoms with Crippen molar-refractivity contribution in [2.45, 2.75) is 12.9 Å². The van der Waals surface area contributed by atoms with Crippen LogP contribution in [0.5, 0.6) is 0 Å². The average molecular weight is 330 g/mol. The Morgan fingerprint density at radius 2 is 1.86 bits per heavy atom. The van der Waals surface area contributed by atoms with Crippen molar-refractivity contribution in [2.75, 3.05) is 17.2 Å². The van der Waals surface area contributed by atoms with E-state index in [0.29, 0.717) is 10.8 Å². The van der Waals surface area contributed by atoms with Gasteiger partial charge in [0, 0.05) is 5.69 Å². The van der Waals surface area contributed by atoms with Crippen molar-refractivity contribution in [3.8, 4) is 0 Å². The van der Waals surface area contributed by atoms with Gasteiger partial charge in [-0.15, -0.1) is 0 Å². The van der Waals surface area contributed by atoms with Crippen LogP contribution in [0.4, 0.5) is 24.5 Å². The fourth-order valence-corrected chi connectivity index (χ4v) is 1.80. The third-order valence-corrected chi connectivity index (χ3v) is 2.62. The number of para-hydroxylation sites is 1. The molecule has 0 amide bonds. The molecule has 0 unspecified atom stereocenters. The van der Waals surface area contributed by atoms with Gasteiger partial charge in [0.2, 0.25) is 0 Å². The number of anilines is 2. The Kier molecular flexibility index (Phi) is 5.34. The zero-order chi connectivity index (χ0) is 16.0. The summed E-state index contributed by atoms with van der Waals surface area (Å²) in [6.45, 7) is -1.61. The zero-order valence-corrected chi connectivity index (χ0v) is 12.1. The van der Waals surface area contributed by atoms with Gasteiger partial charge in [-0.25, -0.2) is 4.68 Å². The van der Waals surface area contributed by atoms with Crippen LogP contribution in [0.2, 0.25) is 0 Å². The molecule has 1 aromatic heterocycles. The molecule has 0 spiro atoms. The minimum Gasteiger partial charge on any atom is -0.350 e. The first kappa shape index (κ1) is 16.2. The molecule has 2 N–H and O–H groups in total. The number of nitrogens with zero attached hydrogens (tertiary/aromatic N) is 2. The second-order valence-electron chi connectivity index (χ2n) is 4.31. The van der Waals surface area contributed by atoms with Crippen LogP contribution in [-0.4, -0.2) is 27.7 Å². The van der Waals surface area contributed by atoms with E-state index in [1.54, 1.807) is 0 Å². The van der Waals surface area contributed by atoms with Crippen LogP contribution in [0.3, 0.4) is 0 Å². The molecule has 22 heavy (non-hydrogen) atoms. The molecule has 0 aliphatic heterocycles. The van der Waals surface area contributed by atoms with E-state index in [9.17, 15) is 13.2 Å². The van der Waals surface area contributed by atoms with Gasteiger partial charge in [-0.3, -0.25) is 0 Å². The molecule has 0 atom stereocenters. The maximum Gasteiger partial charge on any atom is 0.411 e. The highest BCUT2D eigenvalue weighted by atomic mass is 32.1. The van der Waals surface area contributed by atoms with E-state index >= 15 is 0 Å². The zero-order valence-electron chi connectivity index (χ0n) is 11.3. The summed E-state index contributed by atoms with van der Waals surface area (Å²) in [7, 11) is 0. The van der Waals surface area contributed by atoms with Crippen molar-refractivity contribution in [3.63, 3.8) is 0 Å². The van der Waals surface area contributed by atoms with Gasteiger partial charge in [0.05, 0.1) is 18.1 Å². The molecule has 1 heterocycles. The molecular formula is C13H13F3N4OS.